The molecule has 2 amide bonds. The predicted molar refractivity (Wildman–Crippen MR) is 122 cm³/mol. The fraction of sp³-hybridized carbons (Fsp3) is 0.292. The van der Waals surface area contributed by atoms with Crippen molar-refractivity contribution in [3.8, 4) is 23.5 Å². The summed E-state index contributed by atoms with van der Waals surface area (Å²) in [5.41, 5.74) is 0.768. The summed E-state index contributed by atoms with van der Waals surface area (Å²) in [6.07, 6.45) is 3.44. The number of hydrogen-bond donors (Lipinski definition) is 1. The normalized spacial score (nSPS) is 10.4. The molecule has 0 atom stereocenters. The average Bonchev–Trinajstić information content (AvgIpc) is 3.42. The lowest BCUT2D eigenvalue weighted by Gasteiger charge is -2.17. The number of nitriles is 1. The fourth-order valence-corrected chi connectivity index (χ4v) is 3.35. The molecule has 2 heterocycles. The highest BCUT2D eigenvalue weighted by atomic mass is 16.5. The van der Waals surface area contributed by atoms with E-state index in [1.807, 2.05) is 19.9 Å². The van der Waals surface area contributed by atoms with E-state index in [4.69, 9.17) is 13.9 Å². The monoisotopic (exact) mass is 450 g/mol. The molecule has 3 aromatic rings. The predicted octanol–water partition coefficient (Wildman–Crippen LogP) is 3.76. The Morgan fingerprint density at radius 3 is 2.45 bits per heavy atom. The maximum atomic E-state index is 13.1. The summed E-state index contributed by atoms with van der Waals surface area (Å²) in [6, 6.07) is 10.7. The zero-order valence-electron chi connectivity index (χ0n) is 19.0. The third kappa shape index (κ3) is 5.18. The Morgan fingerprint density at radius 1 is 1.15 bits per heavy atom. The first kappa shape index (κ1) is 23.5. The molecule has 0 fully saturated rings. The number of anilines is 1. The quantitative estimate of drug-likeness (QED) is 0.532. The number of rotatable bonds is 9. The first-order valence-corrected chi connectivity index (χ1v) is 10.5. The number of ether oxygens (including phenoxy) is 2. The SMILES string of the molecule is CCOc1ccc(NC(=O)CN(C)C(=O)c2c(C)oc(-n3cccc3)c2C#N)cc1OCC. The van der Waals surface area contributed by atoms with Gasteiger partial charge in [0.05, 0.1) is 19.8 Å². The van der Waals surface area contributed by atoms with E-state index in [2.05, 4.69) is 5.32 Å². The lowest BCUT2D eigenvalue weighted by atomic mass is 10.1. The van der Waals surface area contributed by atoms with Crippen LogP contribution in [0.4, 0.5) is 5.69 Å². The van der Waals surface area contributed by atoms with E-state index in [0.717, 1.165) is 0 Å². The van der Waals surface area contributed by atoms with Crippen LogP contribution in [0.3, 0.4) is 0 Å². The summed E-state index contributed by atoms with van der Waals surface area (Å²) in [6.45, 7) is 6.07. The van der Waals surface area contributed by atoms with Gasteiger partial charge in [0, 0.05) is 31.2 Å². The molecule has 0 saturated heterocycles. The first-order chi connectivity index (χ1) is 15.9. The highest BCUT2D eigenvalue weighted by Gasteiger charge is 2.27. The third-order valence-corrected chi connectivity index (χ3v) is 4.78. The molecule has 1 aromatic carbocycles. The van der Waals surface area contributed by atoms with Crippen molar-refractivity contribution in [3.05, 3.63) is 59.6 Å². The molecule has 172 valence electrons. The molecule has 0 saturated carbocycles. The third-order valence-electron chi connectivity index (χ3n) is 4.78. The van der Waals surface area contributed by atoms with Crippen LogP contribution >= 0.6 is 0 Å². The molecule has 0 unspecified atom stereocenters. The van der Waals surface area contributed by atoms with Gasteiger partial charge in [-0.2, -0.15) is 5.26 Å². The van der Waals surface area contributed by atoms with Crippen LogP contribution in [0.5, 0.6) is 11.5 Å². The maximum Gasteiger partial charge on any atom is 0.259 e. The van der Waals surface area contributed by atoms with Crippen LogP contribution in [0.1, 0.15) is 35.5 Å². The molecule has 0 aliphatic rings. The van der Waals surface area contributed by atoms with Gasteiger partial charge in [-0.1, -0.05) is 0 Å². The second-order valence-corrected chi connectivity index (χ2v) is 7.15. The molecule has 9 heteroatoms. The number of carbonyl (C=O) groups excluding carboxylic acids is 2. The minimum atomic E-state index is -0.483. The standard InChI is InChI=1S/C24H26N4O5/c1-5-31-19-10-9-17(13-20(19)32-6-2)26-21(29)15-27(4)23(30)22-16(3)33-24(18(22)14-25)28-11-7-8-12-28/h7-13H,5-6,15H2,1-4H3,(H,26,29). The van der Waals surface area contributed by atoms with Gasteiger partial charge in [-0.15, -0.1) is 0 Å². The zero-order chi connectivity index (χ0) is 24.0. The zero-order valence-corrected chi connectivity index (χ0v) is 19.0. The lowest BCUT2D eigenvalue weighted by molar-refractivity contribution is -0.116. The highest BCUT2D eigenvalue weighted by molar-refractivity contribution is 6.01. The van der Waals surface area contributed by atoms with E-state index in [1.54, 1.807) is 54.2 Å². The van der Waals surface area contributed by atoms with Crippen molar-refractivity contribution in [1.82, 2.24) is 9.47 Å². The van der Waals surface area contributed by atoms with Crippen molar-refractivity contribution in [3.63, 3.8) is 0 Å². The van der Waals surface area contributed by atoms with Crippen LogP contribution in [0.15, 0.2) is 47.1 Å². The molecule has 2 aromatic heterocycles. The number of furan rings is 1. The Bertz CT molecular complexity index is 1170. The number of carbonyl (C=O) groups is 2. The number of hydrogen-bond acceptors (Lipinski definition) is 6. The van der Waals surface area contributed by atoms with Gasteiger partial charge in [0.2, 0.25) is 11.8 Å². The van der Waals surface area contributed by atoms with Crippen molar-refractivity contribution in [1.29, 1.82) is 5.26 Å². The number of nitrogens with one attached hydrogen (secondary N) is 1. The first-order valence-electron chi connectivity index (χ1n) is 10.5. The van der Waals surface area contributed by atoms with E-state index in [9.17, 15) is 14.9 Å². The van der Waals surface area contributed by atoms with Crippen LogP contribution in [0.2, 0.25) is 0 Å². The minimum Gasteiger partial charge on any atom is -0.490 e. The van der Waals surface area contributed by atoms with E-state index >= 15 is 0 Å². The second-order valence-electron chi connectivity index (χ2n) is 7.15. The van der Waals surface area contributed by atoms with Crippen LogP contribution in [-0.2, 0) is 4.79 Å². The molecule has 9 nitrogen and oxygen atoms in total. The van der Waals surface area contributed by atoms with Gasteiger partial charge < -0.3 is 24.1 Å². The number of likely N-dealkylation sites (N-methyl/N-ethyl adjacent to an activating group) is 1. The number of nitrogens with zero attached hydrogens (tertiary/aromatic N) is 3. The molecule has 33 heavy (non-hydrogen) atoms. The van der Waals surface area contributed by atoms with Crippen LogP contribution in [0, 0.1) is 18.3 Å². The summed E-state index contributed by atoms with van der Waals surface area (Å²) < 4.78 is 18.4. The molecule has 0 spiro atoms. The summed E-state index contributed by atoms with van der Waals surface area (Å²) in [4.78, 5) is 26.9. The Labute approximate surface area is 192 Å². The summed E-state index contributed by atoms with van der Waals surface area (Å²) in [7, 11) is 1.49. The Hall–Kier alpha value is -4.19. The van der Waals surface area contributed by atoms with Crippen molar-refractivity contribution in [2.24, 2.45) is 0 Å². The van der Waals surface area contributed by atoms with E-state index < -0.39 is 11.8 Å². The van der Waals surface area contributed by atoms with Crippen LogP contribution in [0.25, 0.3) is 5.88 Å². The average molecular weight is 450 g/mol. The van der Waals surface area contributed by atoms with E-state index in [-0.39, 0.29) is 23.6 Å². The summed E-state index contributed by atoms with van der Waals surface area (Å²) >= 11 is 0. The van der Waals surface area contributed by atoms with E-state index in [0.29, 0.717) is 36.2 Å². The summed E-state index contributed by atoms with van der Waals surface area (Å²) in [5, 5.41) is 12.4. The van der Waals surface area contributed by atoms with Crippen molar-refractivity contribution >= 4 is 17.5 Å². The largest absolute Gasteiger partial charge is 0.490 e. The molecular weight excluding hydrogens is 424 g/mol. The van der Waals surface area contributed by atoms with Gasteiger partial charge in [-0.05, 0) is 45.0 Å². The summed E-state index contributed by atoms with van der Waals surface area (Å²) in [5.74, 6) is 0.791. The van der Waals surface area contributed by atoms with Gasteiger partial charge in [0.15, 0.2) is 11.5 Å². The number of aromatic nitrogens is 1. The number of benzene rings is 1. The van der Waals surface area contributed by atoms with Gasteiger partial charge >= 0.3 is 0 Å². The van der Waals surface area contributed by atoms with Crippen molar-refractivity contribution < 1.29 is 23.5 Å². The van der Waals surface area contributed by atoms with Crippen LogP contribution < -0.4 is 14.8 Å². The van der Waals surface area contributed by atoms with Gasteiger partial charge in [-0.3, -0.25) is 14.2 Å². The van der Waals surface area contributed by atoms with Crippen LogP contribution in [-0.4, -0.2) is 48.1 Å². The topological polar surface area (TPSA) is 110 Å². The Kier molecular flexibility index (Phi) is 7.41. The molecule has 0 bridgehead atoms. The molecule has 3 rings (SSSR count). The maximum absolute atomic E-state index is 13.1. The van der Waals surface area contributed by atoms with Gasteiger partial charge in [0.25, 0.3) is 5.91 Å². The van der Waals surface area contributed by atoms with E-state index in [1.165, 1.54) is 11.9 Å². The molecule has 1 N–H and O–H groups in total. The van der Waals surface area contributed by atoms with Crippen molar-refractivity contribution in [2.45, 2.75) is 20.8 Å². The number of amides is 2. The molecule has 0 aliphatic heterocycles. The van der Waals surface area contributed by atoms with Gasteiger partial charge in [0.1, 0.15) is 23.0 Å². The Balaban J connectivity index is 1.74. The molecule has 0 radical (unpaired) electrons. The van der Waals surface area contributed by atoms with Gasteiger partial charge in [-0.25, -0.2) is 0 Å². The smallest absolute Gasteiger partial charge is 0.259 e. The number of aryl methyl sites for hydroxylation is 1. The highest BCUT2D eigenvalue weighted by Crippen LogP contribution is 2.31. The molecular formula is C24H26N4O5. The second kappa shape index (κ2) is 10.4. The Morgan fingerprint density at radius 2 is 1.82 bits per heavy atom. The fourth-order valence-electron chi connectivity index (χ4n) is 3.35. The lowest BCUT2D eigenvalue weighted by Crippen LogP contribution is -2.35. The molecule has 0 aliphatic carbocycles. The minimum absolute atomic E-state index is 0.119. The van der Waals surface area contributed by atoms with Crippen molar-refractivity contribution in [2.75, 3.05) is 32.1 Å².